The van der Waals surface area contributed by atoms with E-state index in [1.54, 1.807) is 4.90 Å². The lowest BCUT2D eigenvalue weighted by Crippen LogP contribution is -2.61. The SMILES string of the molecule is C[C@]12CC[C@](C)(C[C@@H](N)C1)N2C(=O)O. The van der Waals surface area contributed by atoms with Crippen molar-refractivity contribution in [3.05, 3.63) is 0 Å². The van der Waals surface area contributed by atoms with Gasteiger partial charge in [0.1, 0.15) is 0 Å². The molecule has 80 valence electrons. The first-order valence-corrected chi connectivity index (χ1v) is 5.16. The molecule has 0 spiro atoms. The quantitative estimate of drug-likeness (QED) is 0.618. The molecule has 1 amide bonds. The van der Waals surface area contributed by atoms with Gasteiger partial charge in [0.25, 0.3) is 0 Å². The zero-order chi connectivity index (χ0) is 10.6. The minimum atomic E-state index is -0.792. The van der Waals surface area contributed by atoms with Crippen LogP contribution < -0.4 is 5.73 Å². The van der Waals surface area contributed by atoms with Gasteiger partial charge in [0.2, 0.25) is 0 Å². The monoisotopic (exact) mass is 198 g/mol. The Labute approximate surface area is 84.1 Å². The number of nitrogens with zero attached hydrogens (tertiary/aromatic N) is 1. The summed E-state index contributed by atoms with van der Waals surface area (Å²) >= 11 is 0. The first kappa shape index (κ1) is 9.77. The van der Waals surface area contributed by atoms with Crippen molar-refractivity contribution in [3.8, 4) is 0 Å². The molecule has 2 rings (SSSR count). The van der Waals surface area contributed by atoms with Gasteiger partial charge in [-0.15, -0.1) is 0 Å². The molecule has 2 fully saturated rings. The van der Waals surface area contributed by atoms with Crippen LogP contribution in [0.1, 0.15) is 39.5 Å². The molecule has 2 bridgehead atoms. The highest BCUT2D eigenvalue weighted by Gasteiger charge is 2.56. The fraction of sp³-hybridized carbons (Fsp3) is 0.900. The summed E-state index contributed by atoms with van der Waals surface area (Å²) < 4.78 is 0. The predicted molar refractivity (Wildman–Crippen MR) is 53.1 cm³/mol. The van der Waals surface area contributed by atoms with Crippen LogP contribution in [0.25, 0.3) is 0 Å². The highest BCUT2D eigenvalue weighted by Crippen LogP contribution is 2.49. The molecule has 2 heterocycles. The van der Waals surface area contributed by atoms with Crippen LogP contribution in [0.15, 0.2) is 0 Å². The lowest BCUT2D eigenvalue weighted by Gasteiger charge is -2.48. The number of carboxylic acid groups (broad SMARTS) is 1. The molecule has 4 heteroatoms. The van der Waals surface area contributed by atoms with E-state index in [0.29, 0.717) is 0 Å². The molecule has 14 heavy (non-hydrogen) atoms. The first-order valence-electron chi connectivity index (χ1n) is 5.16. The van der Waals surface area contributed by atoms with Crippen LogP contribution >= 0.6 is 0 Å². The molecule has 0 saturated carbocycles. The maximum absolute atomic E-state index is 11.2. The van der Waals surface area contributed by atoms with E-state index in [1.807, 2.05) is 13.8 Å². The predicted octanol–water partition coefficient (Wildman–Crippen LogP) is 1.40. The second-order valence-electron chi connectivity index (χ2n) is 5.28. The van der Waals surface area contributed by atoms with Crippen molar-refractivity contribution in [1.29, 1.82) is 0 Å². The van der Waals surface area contributed by atoms with Crippen molar-refractivity contribution in [2.75, 3.05) is 0 Å². The summed E-state index contributed by atoms with van der Waals surface area (Å²) in [6.07, 6.45) is 2.70. The van der Waals surface area contributed by atoms with Crippen molar-refractivity contribution >= 4 is 6.09 Å². The summed E-state index contributed by atoms with van der Waals surface area (Å²) in [5, 5.41) is 9.22. The number of nitrogens with two attached hydrogens (primary N) is 1. The van der Waals surface area contributed by atoms with Crippen LogP contribution in [-0.2, 0) is 0 Å². The maximum atomic E-state index is 11.2. The van der Waals surface area contributed by atoms with Gasteiger partial charge in [0.15, 0.2) is 0 Å². The zero-order valence-electron chi connectivity index (χ0n) is 8.79. The van der Waals surface area contributed by atoms with Gasteiger partial charge in [-0.05, 0) is 39.5 Å². The molecule has 0 aromatic rings. The first-order chi connectivity index (χ1) is 6.37. The van der Waals surface area contributed by atoms with E-state index in [9.17, 15) is 9.90 Å². The molecule has 3 atom stereocenters. The number of hydrogen-bond donors (Lipinski definition) is 2. The molecule has 2 aliphatic heterocycles. The lowest BCUT2D eigenvalue weighted by molar-refractivity contribution is 0.0139. The molecule has 2 saturated heterocycles. The molecule has 3 N–H and O–H groups in total. The van der Waals surface area contributed by atoms with E-state index in [0.717, 1.165) is 25.7 Å². The number of carbonyl (C=O) groups is 1. The smallest absolute Gasteiger partial charge is 0.408 e. The van der Waals surface area contributed by atoms with Gasteiger partial charge in [-0.3, -0.25) is 4.90 Å². The van der Waals surface area contributed by atoms with Crippen LogP contribution in [0, 0.1) is 0 Å². The Kier molecular flexibility index (Phi) is 1.83. The van der Waals surface area contributed by atoms with Crippen LogP contribution in [-0.4, -0.2) is 33.2 Å². The molecule has 0 unspecified atom stereocenters. The summed E-state index contributed by atoms with van der Waals surface area (Å²) in [5.74, 6) is 0. The Balaban J connectivity index is 2.38. The summed E-state index contributed by atoms with van der Waals surface area (Å²) in [7, 11) is 0. The second kappa shape index (κ2) is 2.63. The minimum absolute atomic E-state index is 0.156. The largest absolute Gasteiger partial charge is 0.465 e. The minimum Gasteiger partial charge on any atom is -0.465 e. The standard InChI is InChI=1S/C10H18N2O2/c1-9-3-4-10(2,6-7(11)5-9)12(9)8(13)14/h7H,3-6,11H2,1-2H3,(H,13,14)/t7-,9-,10+. The lowest BCUT2D eigenvalue weighted by atomic mass is 9.83. The number of rotatable bonds is 0. The molecule has 0 aromatic carbocycles. The molecular weight excluding hydrogens is 180 g/mol. The summed E-state index contributed by atoms with van der Waals surface area (Å²) in [6, 6.07) is 0.156. The highest BCUT2D eigenvalue weighted by molar-refractivity contribution is 5.68. The number of fused-ring (bicyclic) bond motifs is 2. The Bertz CT molecular complexity index is 261. The fourth-order valence-electron chi connectivity index (χ4n) is 3.46. The third-order valence-corrected chi connectivity index (χ3v) is 3.88. The Morgan fingerprint density at radius 1 is 1.36 bits per heavy atom. The van der Waals surface area contributed by atoms with E-state index >= 15 is 0 Å². The van der Waals surface area contributed by atoms with E-state index < -0.39 is 6.09 Å². The highest BCUT2D eigenvalue weighted by atomic mass is 16.4. The average molecular weight is 198 g/mol. The third kappa shape index (κ3) is 1.13. The van der Waals surface area contributed by atoms with Gasteiger partial charge < -0.3 is 10.8 Å². The topological polar surface area (TPSA) is 66.6 Å². The fourth-order valence-corrected chi connectivity index (χ4v) is 3.46. The van der Waals surface area contributed by atoms with Crippen LogP contribution in [0.2, 0.25) is 0 Å². The van der Waals surface area contributed by atoms with Crippen molar-refractivity contribution in [1.82, 2.24) is 4.90 Å². The van der Waals surface area contributed by atoms with Gasteiger partial charge >= 0.3 is 6.09 Å². The van der Waals surface area contributed by atoms with Crippen LogP contribution in [0.3, 0.4) is 0 Å². The Morgan fingerprint density at radius 3 is 2.14 bits per heavy atom. The zero-order valence-corrected chi connectivity index (χ0v) is 8.79. The van der Waals surface area contributed by atoms with E-state index in [4.69, 9.17) is 5.73 Å². The van der Waals surface area contributed by atoms with Gasteiger partial charge in [-0.2, -0.15) is 0 Å². The third-order valence-electron chi connectivity index (χ3n) is 3.88. The number of amides is 1. The maximum Gasteiger partial charge on any atom is 0.408 e. The van der Waals surface area contributed by atoms with Gasteiger partial charge in [-0.1, -0.05) is 0 Å². The van der Waals surface area contributed by atoms with Gasteiger partial charge in [-0.25, -0.2) is 4.79 Å². The van der Waals surface area contributed by atoms with E-state index in [2.05, 4.69) is 0 Å². The molecule has 4 nitrogen and oxygen atoms in total. The molecular formula is C10H18N2O2. The average Bonchev–Trinajstić information content (AvgIpc) is 2.15. The summed E-state index contributed by atoms with van der Waals surface area (Å²) in [5.41, 5.74) is 5.52. The molecule has 0 radical (unpaired) electrons. The molecule has 2 aliphatic rings. The van der Waals surface area contributed by atoms with Crippen LogP contribution in [0.5, 0.6) is 0 Å². The number of piperidine rings is 1. The van der Waals surface area contributed by atoms with Crippen LogP contribution in [0.4, 0.5) is 4.79 Å². The van der Waals surface area contributed by atoms with Crippen molar-refractivity contribution in [2.24, 2.45) is 5.73 Å². The van der Waals surface area contributed by atoms with E-state index in [1.165, 1.54) is 0 Å². The van der Waals surface area contributed by atoms with Crippen molar-refractivity contribution in [2.45, 2.75) is 56.7 Å². The Morgan fingerprint density at radius 2 is 1.79 bits per heavy atom. The summed E-state index contributed by atoms with van der Waals surface area (Å²) in [4.78, 5) is 12.9. The second-order valence-corrected chi connectivity index (χ2v) is 5.28. The number of hydrogen-bond acceptors (Lipinski definition) is 2. The Hall–Kier alpha value is -0.770. The normalized spacial score (nSPS) is 46.8. The van der Waals surface area contributed by atoms with Crippen molar-refractivity contribution in [3.63, 3.8) is 0 Å². The molecule has 0 aliphatic carbocycles. The van der Waals surface area contributed by atoms with Gasteiger partial charge in [0.05, 0.1) is 0 Å². The molecule has 0 aromatic heterocycles. The van der Waals surface area contributed by atoms with Gasteiger partial charge in [0, 0.05) is 17.1 Å². The summed E-state index contributed by atoms with van der Waals surface area (Å²) in [6.45, 7) is 4.04. The van der Waals surface area contributed by atoms with Crippen molar-refractivity contribution < 1.29 is 9.90 Å². The van der Waals surface area contributed by atoms with E-state index in [-0.39, 0.29) is 17.1 Å².